The van der Waals surface area contributed by atoms with E-state index in [1.807, 2.05) is 0 Å². The first-order valence-corrected chi connectivity index (χ1v) is 6.04. The number of fused-ring (bicyclic) bond motifs is 2. The fourth-order valence-corrected chi connectivity index (χ4v) is 2.79. The predicted molar refractivity (Wildman–Crippen MR) is 58.1 cm³/mol. The second-order valence-electron chi connectivity index (χ2n) is 4.75. The molecule has 0 heterocycles. The molecule has 78 valence electrons. The van der Waals surface area contributed by atoms with Crippen LogP contribution in [0.1, 0.15) is 51.9 Å². The van der Waals surface area contributed by atoms with Gasteiger partial charge in [0.25, 0.3) is 0 Å². The Morgan fingerprint density at radius 3 is 2.79 bits per heavy atom. The maximum Gasteiger partial charge on any atom is 0.140 e. The van der Waals surface area contributed by atoms with E-state index in [9.17, 15) is 4.79 Å². The fourth-order valence-electron chi connectivity index (χ4n) is 2.79. The van der Waals surface area contributed by atoms with E-state index in [1.54, 1.807) is 5.57 Å². The molecule has 0 N–H and O–H groups in total. The molecule has 0 radical (unpaired) electrons. The Morgan fingerprint density at radius 1 is 1.36 bits per heavy atom. The SMILES string of the molecule is CCCCCC1=CC2CCC1CC2=O. The van der Waals surface area contributed by atoms with Gasteiger partial charge >= 0.3 is 0 Å². The van der Waals surface area contributed by atoms with E-state index in [1.165, 1.54) is 32.1 Å². The van der Waals surface area contributed by atoms with Crippen LogP contribution in [0.4, 0.5) is 0 Å². The molecule has 0 aromatic heterocycles. The second-order valence-corrected chi connectivity index (χ2v) is 4.75. The minimum absolute atomic E-state index is 0.302. The van der Waals surface area contributed by atoms with Crippen molar-refractivity contribution in [3.05, 3.63) is 11.6 Å². The van der Waals surface area contributed by atoms with Crippen LogP contribution in [-0.2, 0) is 4.79 Å². The van der Waals surface area contributed by atoms with E-state index < -0.39 is 0 Å². The molecule has 3 aliphatic rings. The molecule has 0 saturated heterocycles. The van der Waals surface area contributed by atoms with E-state index in [0.717, 1.165) is 12.8 Å². The van der Waals surface area contributed by atoms with E-state index in [-0.39, 0.29) is 0 Å². The number of rotatable bonds is 4. The molecule has 2 unspecified atom stereocenters. The summed E-state index contributed by atoms with van der Waals surface area (Å²) in [5, 5.41) is 0. The fraction of sp³-hybridized carbons (Fsp3) is 0.769. The zero-order valence-electron chi connectivity index (χ0n) is 9.09. The number of hydrogen-bond donors (Lipinski definition) is 0. The average molecular weight is 192 g/mol. The van der Waals surface area contributed by atoms with Crippen LogP contribution < -0.4 is 0 Å². The Morgan fingerprint density at radius 2 is 2.21 bits per heavy atom. The molecule has 0 aromatic rings. The van der Waals surface area contributed by atoms with Gasteiger partial charge in [0, 0.05) is 12.3 Å². The zero-order valence-corrected chi connectivity index (χ0v) is 9.09. The van der Waals surface area contributed by atoms with Gasteiger partial charge < -0.3 is 0 Å². The summed E-state index contributed by atoms with van der Waals surface area (Å²) in [5.74, 6) is 1.43. The van der Waals surface area contributed by atoms with Gasteiger partial charge in [-0.2, -0.15) is 0 Å². The number of hydrogen-bond acceptors (Lipinski definition) is 1. The summed E-state index contributed by atoms with van der Waals surface area (Å²) in [6.45, 7) is 2.24. The lowest BCUT2D eigenvalue weighted by molar-refractivity contribution is -0.124. The van der Waals surface area contributed by atoms with Gasteiger partial charge in [0.15, 0.2) is 0 Å². The Balaban J connectivity index is 1.93. The number of unbranched alkanes of at least 4 members (excludes halogenated alkanes) is 2. The summed E-state index contributed by atoms with van der Waals surface area (Å²) in [6, 6.07) is 0. The van der Waals surface area contributed by atoms with Gasteiger partial charge in [0.1, 0.15) is 5.78 Å². The highest BCUT2D eigenvalue weighted by atomic mass is 16.1. The van der Waals surface area contributed by atoms with Crippen molar-refractivity contribution in [2.24, 2.45) is 11.8 Å². The number of allylic oxidation sites excluding steroid dienone is 2. The maximum atomic E-state index is 11.5. The second kappa shape index (κ2) is 4.29. The van der Waals surface area contributed by atoms with E-state index in [2.05, 4.69) is 13.0 Å². The normalized spacial score (nSPS) is 30.6. The minimum atomic E-state index is 0.302. The molecule has 2 atom stereocenters. The average Bonchev–Trinajstić information content (AvgIpc) is 2.20. The highest BCUT2D eigenvalue weighted by Gasteiger charge is 2.34. The van der Waals surface area contributed by atoms with Crippen molar-refractivity contribution < 1.29 is 4.79 Å². The first-order valence-electron chi connectivity index (χ1n) is 6.04. The molecule has 1 nitrogen and oxygen atoms in total. The van der Waals surface area contributed by atoms with Gasteiger partial charge in [0.2, 0.25) is 0 Å². The van der Waals surface area contributed by atoms with E-state index >= 15 is 0 Å². The van der Waals surface area contributed by atoms with Crippen LogP contribution in [-0.4, -0.2) is 5.78 Å². The molecule has 3 aliphatic carbocycles. The molecule has 2 bridgehead atoms. The third-order valence-electron chi connectivity index (χ3n) is 3.70. The molecule has 0 spiro atoms. The molecule has 0 aromatic carbocycles. The van der Waals surface area contributed by atoms with Crippen LogP contribution in [0.2, 0.25) is 0 Å². The van der Waals surface area contributed by atoms with Gasteiger partial charge in [-0.3, -0.25) is 4.79 Å². The van der Waals surface area contributed by atoms with Gasteiger partial charge in [0.05, 0.1) is 0 Å². The zero-order chi connectivity index (χ0) is 9.97. The number of Topliss-reactive ketones (excluding diaryl/α,β-unsaturated/α-hetero) is 1. The Labute approximate surface area is 86.6 Å². The summed E-state index contributed by atoms with van der Waals surface area (Å²) >= 11 is 0. The molecule has 14 heavy (non-hydrogen) atoms. The van der Waals surface area contributed by atoms with Crippen LogP contribution in [0.5, 0.6) is 0 Å². The molecule has 3 rings (SSSR count). The molecule has 1 saturated carbocycles. The monoisotopic (exact) mass is 192 g/mol. The Kier molecular flexibility index (Phi) is 3.05. The van der Waals surface area contributed by atoms with E-state index in [4.69, 9.17) is 0 Å². The largest absolute Gasteiger partial charge is 0.299 e. The first-order chi connectivity index (χ1) is 6.81. The van der Waals surface area contributed by atoms with Crippen molar-refractivity contribution in [1.29, 1.82) is 0 Å². The first kappa shape index (κ1) is 9.95. The van der Waals surface area contributed by atoms with Gasteiger partial charge in [-0.25, -0.2) is 0 Å². The van der Waals surface area contributed by atoms with Crippen LogP contribution in [0.15, 0.2) is 11.6 Å². The topological polar surface area (TPSA) is 17.1 Å². The number of carbonyl (C=O) groups excluding carboxylic acids is 1. The highest BCUT2D eigenvalue weighted by molar-refractivity contribution is 5.85. The molecule has 1 fully saturated rings. The Hall–Kier alpha value is -0.590. The predicted octanol–water partition coefficient (Wildman–Crippen LogP) is 3.49. The number of carbonyl (C=O) groups is 1. The molecule has 1 heteroatoms. The van der Waals surface area contributed by atoms with Gasteiger partial charge in [-0.05, 0) is 31.6 Å². The minimum Gasteiger partial charge on any atom is -0.299 e. The van der Waals surface area contributed by atoms with Crippen molar-refractivity contribution in [2.75, 3.05) is 0 Å². The van der Waals surface area contributed by atoms with Crippen LogP contribution in [0, 0.1) is 11.8 Å². The van der Waals surface area contributed by atoms with Crippen LogP contribution in [0.25, 0.3) is 0 Å². The summed E-state index contributed by atoms with van der Waals surface area (Å²) in [5.41, 5.74) is 1.61. The van der Waals surface area contributed by atoms with Gasteiger partial charge in [-0.15, -0.1) is 0 Å². The van der Waals surface area contributed by atoms with Crippen molar-refractivity contribution >= 4 is 5.78 Å². The number of ketones is 1. The summed E-state index contributed by atoms with van der Waals surface area (Å²) in [6.07, 6.45) is 10.7. The third-order valence-corrected chi connectivity index (χ3v) is 3.70. The quantitative estimate of drug-likeness (QED) is 0.492. The molecule has 0 aliphatic heterocycles. The standard InChI is InChI=1S/C13H20O/c1-2-3-4-5-10-8-12-7-6-11(10)9-13(12)14/h8,11-12H,2-7,9H2,1H3. The van der Waals surface area contributed by atoms with Crippen molar-refractivity contribution in [3.8, 4) is 0 Å². The van der Waals surface area contributed by atoms with Gasteiger partial charge in [-0.1, -0.05) is 31.4 Å². The highest BCUT2D eigenvalue weighted by Crippen LogP contribution is 2.40. The molecule has 0 amide bonds. The van der Waals surface area contributed by atoms with E-state index in [0.29, 0.717) is 17.6 Å². The lowest BCUT2D eigenvalue weighted by Gasteiger charge is -2.34. The molecular formula is C13H20O. The lowest BCUT2D eigenvalue weighted by Crippen LogP contribution is -2.30. The molecular weight excluding hydrogens is 172 g/mol. The maximum absolute atomic E-state index is 11.5. The van der Waals surface area contributed by atoms with Crippen LogP contribution in [0.3, 0.4) is 0 Å². The van der Waals surface area contributed by atoms with Crippen LogP contribution >= 0.6 is 0 Å². The van der Waals surface area contributed by atoms with Crippen molar-refractivity contribution in [2.45, 2.75) is 51.9 Å². The Bertz CT molecular complexity index is 252. The van der Waals surface area contributed by atoms with Crippen molar-refractivity contribution in [1.82, 2.24) is 0 Å². The summed E-state index contributed by atoms with van der Waals surface area (Å²) in [7, 11) is 0. The summed E-state index contributed by atoms with van der Waals surface area (Å²) < 4.78 is 0. The third kappa shape index (κ3) is 1.92. The van der Waals surface area contributed by atoms with Crippen molar-refractivity contribution in [3.63, 3.8) is 0 Å². The summed E-state index contributed by atoms with van der Waals surface area (Å²) in [4.78, 5) is 11.5. The smallest absolute Gasteiger partial charge is 0.140 e. The lowest BCUT2D eigenvalue weighted by atomic mass is 9.69.